The Balaban J connectivity index is 2.13. The average molecular weight is 258 g/mol. The van der Waals surface area contributed by atoms with Gasteiger partial charge in [-0.05, 0) is 38.5 Å². The Morgan fingerprint density at radius 2 is 1.95 bits per heavy atom. The first kappa shape index (κ1) is 13.6. The van der Waals surface area contributed by atoms with Crippen molar-refractivity contribution < 1.29 is 9.53 Å². The van der Waals surface area contributed by atoms with Crippen LogP contribution in [0, 0.1) is 11.3 Å². The third-order valence-corrected chi connectivity index (χ3v) is 3.62. The Labute approximate surface area is 113 Å². The molecular weight excluding hydrogens is 240 g/mol. The number of benzene rings is 1. The maximum absolute atomic E-state index is 12.3. The summed E-state index contributed by atoms with van der Waals surface area (Å²) in [6.45, 7) is 7.13. The van der Waals surface area contributed by atoms with Gasteiger partial charge in [-0.15, -0.1) is 0 Å². The summed E-state index contributed by atoms with van der Waals surface area (Å²) >= 11 is 0. The molecule has 4 heteroatoms. The first-order valence-corrected chi connectivity index (χ1v) is 6.54. The van der Waals surface area contributed by atoms with Crippen molar-refractivity contribution in [3.05, 3.63) is 35.4 Å². The molecule has 1 fully saturated rings. The number of rotatable bonds is 4. The molecule has 0 radical (unpaired) electrons. The van der Waals surface area contributed by atoms with Crippen molar-refractivity contribution in [1.29, 1.82) is 5.26 Å². The fourth-order valence-electron chi connectivity index (χ4n) is 2.32. The number of likely N-dealkylation sites (N-methyl/N-ethyl adjacent to an activating group) is 1. The lowest BCUT2D eigenvalue weighted by Crippen LogP contribution is -2.40. The minimum absolute atomic E-state index is 0.0341. The minimum atomic E-state index is -0.750. The second kappa shape index (κ2) is 5.02. The number of nitrogens with zero attached hydrogens (tertiary/aromatic N) is 2. The fourth-order valence-corrected chi connectivity index (χ4v) is 2.32. The summed E-state index contributed by atoms with van der Waals surface area (Å²) < 4.78 is 5.64. The Hall–Kier alpha value is -1.86. The molecule has 0 aromatic heterocycles. The summed E-state index contributed by atoms with van der Waals surface area (Å²) in [6, 6.07) is 9.28. The maximum Gasteiger partial charge on any atom is 0.257 e. The number of nitriles is 1. The van der Waals surface area contributed by atoms with Gasteiger partial charge in [0.25, 0.3) is 5.91 Å². The summed E-state index contributed by atoms with van der Waals surface area (Å²) in [5.74, 6) is 0.0341. The van der Waals surface area contributed by atoms with Gasteiger partial charge in [0.15, 0.2) is 5.60 Å². The van der Waals surface area contributed by atoms with Crippen LogP contribution in [0.2, 0.25) is 0 Å². The van der Waals surface area contributed by atoms with Crippen LogP contribution in [0.3, 0.4) is 0 Å². The average Bonchev–Trinajstić information content (AvgIpc) is 3.14. The van der Waals surface area contributed by atoms with Gasteiger partial charge in [-0.3, -0.25) is 4.79 Å². The topological polar surface area (TPSA) is 56.6 Å². The van der Waals surface area contributed by atoms with E-state index in [0.29, 0.717) is 18.7 Å². The molecule has 2 rings (SSSR count). The molecule has 4 nitrogen and oxygen atoms in total. The normalized spacial score (nSPS) is 24.6. The maximum atomic E-state index is 12.3. The van der Waals surface area contributed by atoms with Gasteiger partial charge < -0.3 is 9.64 Å². The standard InChI is InChI=1S/C15H18N2O2/c1-4-17(5-2)14(18)15(3)13(19-15)12-8-6-11(10-16)7-9-12/h6-9,13H,4-5H2,1-3H3/t13-,15-/m0/s1. The number of ether oxygens (including phenoxy) is 1. The van der Waals surface area contributed by atoms with Crippen molar-refractivity contribution in [3.63, 3.8) is 0 Å². The van der Waals surface area contributed by atoms with E-state index in [9.17, 15) is 4.79 Å². The summed E-state index contributed by atoms with van der Waals surface area (Å²) in [5.41, 5.74) is 0.809. The van der Waals surface area contributed by atoms with E-state index >= 15 is 0 Å². The van der Waals surface area contributed by atoms with Crippen molar-refractivity contribution in [2.75, 3.05) is 13.1 Å². The van der Waals surface area contributed by atoms with Crippen LogP contribution in [0.1, 0.15) is 38.0 Å². The monoisotopic (exact) mass is 258 g/mol. The van der Waals surface area contributed by atoms with Gasteiger partial charge in [0.2, 0.25) is 0 Å². The molecule has 0 aliphatic carbocycles. The zero-order valence-corrected chi connectivity index (χ0v) is 11.5. The summed E-state index contributed by atoms with van der Waals surface area (Å²) in [7, 11) is 0. The molecule has 1 heterocycles. The van der Waals surface area contributed by atoms with Crippen LogP contribution in [0.25, 0.3) is 0 Å². The molecular formula is C15H18N2O2. The van der Waals surface area contributed by atoms with Crippen LogP contribution in [-0.4, -0.2) is 29.5 Å². The molecule has 0 N–H and O–H groups in total. The molecule has 1 aliphatic rings. The molecule has 1 saturated heterocycles. The fraction of sp³-hybridized carbons (Fsp3) is 0.467. The highest BCUT2D eigenvalue weighted by molar-refractivity contribution is 5.88. The first-order chi connectivity index (χ1) is 9.06. The summed E-state index contributed by atoms with van der Waals surface area (Å²) in [4.78, 5) is 14.1. The van der Waals surface area contributed by atoms with Crippen molar-refractivity contribution in [3.8, 4) is 6.07 Å². The van der Waals surface area contributed by atoms with Crippen LogP contribution < -0.4 is 0 Å². The number of carbonyl (C=O) groups excluding carboxylic acids is 1. The Bertz CT molecular complexity index is 514. The Morgan fingerprint density at radius 1 is 1.37 bits per heavy atom. The number of hydrogen-bond donors (Lipinski definition) is 0. The zero-order chi connectivity index (χ0) is 14.0. The van der Waals surface area contributed by atoms with Gasteiger partial charge in [0.1, 0.15) is 6.10 Å². The molecule has 0 unspecified atom stereocenters. The van der Waals surface area contributed by atoms with E-state index in [-0.39, 0.29) is 12.0 Å². The Morgan fingerprint density at radius 3 is 2.42 bits per heavy atom. The van der Waals surface area contributed by atoms with Crippen molar-refractivity contribution >= 4 is 5.91 Å². The van der Waals surface area contributed by atoms with Gasteiger partial charge in [0, 0.05) is 13.1 Å². The largest absolute Gasteiger partial charge is 0.351 e. The zero-order valence-electron chi connectivity index (χ0n) is 11.5. The van der Waals surface area contributed by atoms with E-state index in [1.807, 2.05) is 32.9 Å². The molecule has 1 amide bonds. The Kier molecular flexibility index (Phi) is 3.59. The third kappa shape index (κ3) is 2.34. The summed E-state index contributed by atoms with van der Waals surface area (Å²) in [6.07, 6.45) is -0.201. The highest BCUT2D eigenvalue weighted by Crippen LogP contribution is 2.50. The van der Waals surface area contributed by atoms with Gasteiger partial charge in [0.05, 0.1) is 11.6 Å². The highest BCUT2D eigenvalue weighted by Gasteiger charge is 2.60. The van der Waals surface area contributed by atoms with E-state index in [1.54, 1.807) is 17.0 Å². The van der Waals surface area contributed by atoms with Crippen LogP contribution in [-0.2, 0) is 9.53 Å². The molecule has 0 saturated carbocycles. The van der Waals surface area contributed by atoms with Crippen LogP contribution in [0.4, 0.5) is 0 Å². The predicted octanol–water partition coefficient (Wildman–Crippen LogP) is 2.26. The first-order valence-electron chi connectivity index (χ1n) is 6.54. The molecule has 2 atom stereocenters. The van der Waals surface area contributed by atoms with Crippen molar-refractivity contribution in [1.82, 2.24) is 4.90 Å². The SMILES string of the molecule is CCN(CC)C(=O)[C@@]1(C)O[C@H]1c1ccc(C#N)cc1. The van der Waals surface area contributed by atoms with Crippen LogP contribution >= 0.6 is 0 Å². The number of hydrogen-bond acceptors (Lipinski definition) is 3. The number of amides is 1. The molecule has 1 aromatic rings. The lowest BCUT2D eigenvalue weighted by molar-refractivity contribution is -0.135. The van der Waals surface area contributed by atoms with Gasteiger partial charge in [-0.1, -0.05) is 12.1 Å². The smallest absolute Gasteiger partial charge is 0.257 e. The molecule has 0 bridgehead atoms. The lowest BCUT2D eigenvalue weighted by atomic mass is 9.99. The predicted molar refractivity (Wildman–Crippen MR) is 71.3 cm³/mol. The lowest BCUT2D eigenvalue weighted by Gasteiger charge is -2.21. The second-order valence-corrected chi connectivity index (χ2v) is 4.82. The van der Waals surface area contributed by atoms with Crippen LogP contribution in [0.5, 0.6) is 0 Å². The van der Waals surface area contributed by atoms with E-state index < -0.39 is 5.60 Å². The van der Waals surface area contributed by atoms with E-state index in [2.05, 4.69) is 6.07 Å². The molecule has 1 aliphatic heterocycles. The minimum Gasteiger partial charge on any atom is -0.351 e. The van der Waals surface area contributed by atoms with E-state index in [1.165, 1.54) is 0 Å². The third-order valence-electron chi connectivity index (χ3n) is 3.62. The van der Waals surface area contributed by atoms with E-state index in [4.69, 9.17) is 10.00 Å². The summed E-state index contributed by atoms with van der Waals surface area (Å²) in [5, 5.41) is 8.77. The molecule has 19 heavy (non-hydrogen) atoms. The molecule has 100 valence electrons. The number of epoxide rings is 1. The van der Waals surface area contributed by atoms with Crippen molar-refractivity contribution in [2.24, 2.45) is 0 Å². The van der Waals surface area contributed by atoms with E-state index in [0.717, 1.165) is 5.56 Å². The van der Waals surface area contributed by atoms with Crippen LogP contribution in [0.15, 0.2) is 24.3 Å². The number of carbonyl (C=O) groups is 1. The second-order valence-electron chi connectivity index (χ2n) is 4.82. The van der Waals surface area contributed by atoms with Gasteiger partial charge in [-0.25, -0.2) is 0 Å². The quantitative estimate of drug-likeness (QED) is 0.778. The van der Waals surface area contributed by atoms with Gasteiger partial charge in [-0.2, -0.15) is 5.26 Å². The van der Waals surface area contributed by atoms with Gasteiger partial charge >= 0.3 is 0 Å². The molecule has 0 spiro atoms. The van der Waals surface area contributed by atoms with Crippen molar-refractivity contribution in [2.45, 2.75) is 32.5 Å². The highest BCUT2D eigenvalue weighted by atomic mass is 16.6. The molecule has 1 aromatic carbocycles.